The van der Waals surface area contributed by atoms with Crippen molar-refractivity contribution in [2.45, 2.75) is 12.8 Å². The first-order valence-corrected chi connectivity index (χ1v) is 4.33. The minimum absolute atomic E-state index is 0.0185. The van der Waals surface area contributed by atoms with Crippen LogP contribution in [0.1, 0.15) is 23.2 Å². The Kier molecular flexibility index (Phi) is 2.19. The molecule has 0 N–H and O–H groups in total. The van der Waals surface area contributed by atoms with E-state index in [1.807, 2.05) is 0 Å². The van der Waals surface area contributed by atoms with Gasteiger partial charge in [-0.2, -0.15) is 0 Å². The number of carbonyl (C=O) groups is 1. The van der Waals surface area contributed by atoms with Gasteiger partial charge < -0.3 is 4.74 Å². The van der Waals surface area contributed by atoms with Crippen molar-refractivity contribution in [2.75, 3.05) is 6.61 Å². The maximum Gasteiger partial charge on any atom is 0.169 e. The van der Waals surface area contributed by atoms with Gasteiger partial charge in [0.1, 0.15) is 17.4 Å². The zero-order valence-corrected chi connectivity index (χ0v) is 7.35. The third-order valence-corrected chi connectivity index (χ3v) is 2.10. The van der Waals surface area contributed by atoms with Crippen LogP contribution in [0, 0.1) is 11.6 Å². The third-order valence-electron chi connectivity index (χ3n) is 2.10. The molecule has 0 atom stereocenters. The standard InChI is InChI=1S/C10H8F2O2/c11-6-4-7(12)10-8(13)2-1-3-14-9(10)5-6/h4-5H,1-3H2. The number of ketones is 1. The monoisotopic (exact) mass is 198 g/mol. The van der Waals surface area contributed by atoms with Gasteiger partial charge in [-0.05, 0) is 6.42 Å². The Morgan fingerprint density at radius 3 is 2.86 bits per heavy atom. The molecule has 0 saturated heterocycles. The summed E-state index contributed by atoms with van der Waals surface area (Å²) in [6, 6.07) is 1.74. The van der Waals surface area contributed by atoms with E-state index in [1.54, 1.807) is 0 Å². The first-order valence-electron chi connectivity index (χ1n) is 4.33. The van der Waals surface area contributed by atoms with E-state index in [1.165, 1.54) is 0 Å². The third kappa shape index (κ3) is 1.47. The van der Waals surface area contributed by atoms with Crippen LogP contribution in [0.4, 0.5) is 8.78 Å². The van der Waals surface area contributed by atoms with Crippen LogP contribution in [0.5, 0.6) is 5.75 Å². The lowest BCUT2D eigenvalue weighted by Crippen LogP contribution is -2.02. The van der Waals surface area contributed by atoms with Crippen molar-refractivity contribution in [1.29, 1.82) is 0 Å². The normalized spacial score (nSPS) is 15.7. The van der Waals surface area contributed by atoms with Crippen LogP contribution in [0.2, 0.25) is 0 Å². The van der Waals surface area contributed by atoms with Gasteiger partial charge in [-0.25, -0.2) is 8.78 Å². The number of hydrogen-bond donors (Lipinski definition) is 0. The number of fused-ring (bicyclic) bond motifs is 1. The highest BCUT2D eigenvalue weighted by molar-refractivity contribution is 5.99. The number of halogens is 2. The molecule has 4 heteroatoms. The second-order valence-corrected chi connectivity index (χ2v) is 3.14. The molecule has 14 heavy (non-hydrogen) atoms. The topological polar surface area (TPSA) is 26.3 Å². The largest absolute Gasteiger partial charge is 0.493 e. The van der Waals surface area contributed by atoms with Gasteiger partial charge in [0, 0.05) is 18.6 Å². The molecule has 2 rings (SSSR count). The maximum atomic E-state index is 13.2. The van der Waals surface area contributed by atoms with Crippen molar-refractivity contribution in [3.8, 4) is 5.75 Å². The molecule has 74 valence electrons. The molecule has 0 fully saturated rings. The number of ether oxygens (including phenoxy) is 1. The molecule has 0 aromatic heterocycles. The van der Waals surface area contributed by atoms with Crippen LogP contribution in [-0.4, -0.2) is 12.4 Å². The molecular formula is C10H8F2O2. The summed E-state index contributed by atoms with van der Waals surface area (Å²) < 4.78 is 31.1. The predicted octanol–water partition coefficient (Wildman–Crippen LogP) is 2.32. The van der Waals surface area contributed by atoms with Crippen LogP contribution >= 0.6 is 0 Å². The number of carbonyl (C=O) groups excluding carboxylic acids is 1. The second-order valence-electron chi connectivity index (χ2n) is 3.14. The van der Waals surface area contributed by atoms with Crippen molar-refractivity contribution in [3.05, 3.63) is 29.3 Å². The highest BCUT2D eigenvalue weighted by Gasteiger charge is 2.21. The van der Waals surface area contributed by atoms with Crippen LogP contribution < -0.4 is 4.74 Å². The Morgan fingerprint density at radius 2 is 2.07 bits per heavy atom. The number of hydrogen-bond acceptors (Lipinski definition) is 2. The smallest absolute Gasteiger partial charge is 0.169 e. The Bertz CT molecular complexity index is 388. The molecule has 0 unspecified atom stereocenters. The van der Waals surface area contributed by atoms with Crippen molar-refractivity contribution in [3.63, 3.8) is 0 Å². The fourth-order valence-corrected chi connectivity index (χ4v) is 1.47. The first-order chi connectivity index (χ1) is 6.68. The van der Waals surface area contributed by atoms with Crippen LogP contribution in [0.3, 0.4) is 0 Å². The van der Waals surface area contributed by atoms with Gasteiger partial charge in [0.25, 0.3) is 0 Å². The molecule has 0 saturated carbocycles. The average Bonchev–Trinajstić information content (AvgIpc) is 2.27. The fourth-order valence-electron chi connectivity index (χ4n) is 1.47. The molecule has 1 aliphatic rings. The molecule has 0 aliphatic carbocycles. The molecule has 0 spiro atoms. The lowest BCUT2D eigenvalue weighted by Gasteiger charge is -2.06. The fraction of sp³-hybridized carbons (Fsp3) is 0.300. The number of Topliss-reactive ketones (excluding diaryl/α,β-unsaturated/α-hetero) is 1. The Hall–Kier alpha value is -1.45. The van der Waals surface area contributed by atoms with E-state index in [0.717, 1.165) is 6.07 Å². The summed E-state index contributed by atoms with van der Waals surface area (Å²) in [7, 11) is 0. The quantitative estimate of drug-likeness (QED) is 0.639. The predicted molar refractivity (Wildman–Crippen MR) is 45.4 cm³/mol. The van der Waals surface area contributed by atoms with Gasteiger partial charge in [-0.3, -0.25) is 4.79 Å². The van der Waals surface area contributed by atoms with Crippen molar-refractivity contribution >= 4 is 5.78 Å². The summed E-state index contributed by atoms with van der Waals surface area (Å²) in [5.74, 6) is -1.87. The minimum atomic E-state index is -0.841. The summed E-state index contributed by atoms with van der Waals surface area (Å²) in [5, 5.41) is 0. The van der Waals surface area contributed by atoms with E-state index in [-0.39, 0.29) is 23.5 Å². The summed E-state index contributed by atoms with van der Waals surface area (Å²) in [4.78, 5) is 11.4. The van der Waals surface area contributed by atoms with Gasteiger partial charge in [0.05, 0.1) is 12.2 Å². The molecular weight excluding hydrogens is 190 g/mol. The first kappa shape index (κ1) is 9.12. The lowest BCUT2D eigenvalue weighted by molar-refractivity contribution is 0.0979. The Balaban J connectivity index is 2.58. The highest BCUT2D eigenvalue weighted by atomic mass is 19.1. The van der Waals surface area contributed by atoms with E-state index in [0.29, 0.717) is 19.1 Å². The van der Waals surface area contributed by atoms with Gasteiger partial charge in [0.15, 0.2) is 5.78 Å². The summed E-state index contributed by atoms with van der Waals surface area (Å²) in [6.07, 6.45) is 0.782. The Labute approximate surface area is 79.5 Å². The van der Waals surface area contributed by atoms with E-state index in [4.69, 9.17) is 4.74 Å². The second kappa shape index (κ2) is 3.36. The van der Waals surface area contributed by atoms with Crippen LogP contribution in [0.25, 0.3) is 0 Å². The van der Waals surface area contributed by atoms with Gasteiger partial charge >= 0.3 is 0 Å². The molecule has 2 nitrogen and oxygen atoms in total. The van der Waals surface area contributed by atoms with E-state index < -0.39 is 11.6 Å². The SMILES string of the molecule is O=C1CCCOc2cc(F)cc(F)c21. The summed E-state index contributed by atoms with van der Waals surface area (Å²) >= 11 is 0. The van der Waals surface area contributed by atoms with Gasteiger partial charge in [-0.1, -0.05) is 0 Å². The van der Waals surface area contributed by atoms with Crippen LogP contribution in [-0.2, 0) is 0 Å². The molecule has 0 bridgehead atoms. The van der Waals surface area contributed by atoms with Gasteiger partial charge in [-0.15, -0.1) is 0 Å². The molecule has 1 aromatic carbocycles. The molecule has 1 heterocycles. The molecule has 0 amide bonds. The zero-order chi connectivity index (χ0) is 10.1. The van der Waals surface area contributed by atoms with E-state index >= 15 is 0 Å². The Morgan fingerprint density at radius 1 is 1.29 bits per heavy atom. The van der Waals surface area contributed by atoms with Crippen LogP contribution in [0.15, 0.2) is 12.1 Å². The summed E-state index contributed by atoms with van der Waals surface area (Å²) in [6.45, 7) is 0.321. The van der Waals surface area contributed by atoms with E-state index in [2.05, 4.69) is 0 Å². The highest BCUT2D eigenvalue weighted by Crippen LogP contribution is 2.27. The molecule has 1 aromatic rings. The van der Waals surface area contributed by atoms with Gasteiger partial charge in [0.2, 0.25) is 0 Å². The van der Waals surface area contributed by atoms with Crippen molar-refractivity contribution in [2.24, 2.45) is 0 Å². The lowest BCUT2D eigenvalue weighted by atomic mass is 10.1. The average molecular weight is 198 g/mol. The van der Waals surface area contributed by atoms with E-state index in [9.17, 15) is 13.6 Å². The molecule has 1 aliphatic heterocycles. The molecule has 0 radical (unpaired) electrons. The minimum Gasteiger partial charge on any atom is -0.493 e. The number of rotatable bonds is 0. The zero-order valence-electron chi connectivity index (χ0n) is 7.35. The maximum absolute atomic E-state index is 13.2. The summed E-state index contributed by atoms with van der Waals surface area (Å²) in [5.41, 5.74) is -0.121. The van der Waals surface area contributed by atoms with Crippen molar-refractivity contribution < 1.29 is 18.3 Å². The number of benzene rings is 1. The van der Waals surface area contributed by atoms with Crippen molar-refractivity contribution in [1.82, 2.24) is 0 Å².